The first kappa shape index (κ1) is 14.3. The zero-order valence-electron chi connectivity index (χ0n) is 11.5. The third-order valence-electron chi connectivity index (χ3n) is 3.45. The number of nitrogens with one attached hydrogen (secondary N) is 1. The van der Waals surface area contributed by atoms with Crippen LogP contribution < -0.4 is 5.32 Å². The zero-order valence-corrected chi connectivity index (χ0v) is 12.3. The van der Waals surface area contributed by atoms with Crippen LogP contribution in [0.1, 0.15) is 37.8 Å². The molecular formula is C13H21N3O2S. The van der Waals surface area contributed by atoms with Crippen LogP contribution in [0.3, 0.4) is 0 Å². The topological polar surface area (TPSA) is 62.3 Å². The molecule has 2 heterocycles. The van der Waals surface area contributed by atoms with Crippen molar-refractivity contribution < 1.29 is 8.42 Å². The lowest BCUT2D eigenvalue weighted by molar-refractivity contribution is 0.396. The van der Waals surface area contributed by atoms with E-state index in [1.165, 1.54) is 0 Å². The Morgan fingerprint density at radius 2 is 2.32 bits per heavy atom. The van der Waals surface area contributed by atoms with E-state index >= 15 is 0 Å². The molecule has 0 aromatic carbocycles. The fourth-order valence-corrected chi connectivity index (χ4v) is 4.34. The monoisotopic (exact) mass is 283 g/mol. The van der Waals surface area contributed by atoms with E-state index in [0.29, 0.717) is 13.0 Å². The highest BCUT2D eigenvalue weighted by molar-refractivity contribution is 7.89. The molecule has 1 atom stereocenters. The number of aromatic nitrogens is 1. The van der Waals surface area contributed by atoms with E-state index in [2.05, 4.69) is 10.3 Å². The molecule has 1 aromatic heterocycles. The largest absolute Gasteiger partial charge is 0.373 e. The third kappa shape index (κ3) is 3.06. The van der Waals surface area contributed by atoms with Gasteiger partial charge in [0.25, 0.3) is 0 Å². The van der Waals surface area contributed by atoms with Crippen molar-refractivity contribution in [1.29, 1.82) is 0 Å². The van der Waals surface area contributed by atoms with Crippen molar-refractivity contribution >= 4 is 15.8 Å². The van der Waals surface area contributed by atoms with Crippen molar-refractivity contribution in [3.05, 3.63) is 23.9 Å². The Balaban J connectivity index is 2.28. The van der Waals surface area contributed by atoms with E-state index in [4.69, 9.17) is 0 Å². The van der Waals surface area contributed by atoms with Gasteiger partial charge in [-0.05, 0) is 37.0 Å². The van der Waals surface area contributed by atoms with Crippen molar-refractivity contribution in [2.24, 2.45) is 0 Å². The van der Waals surface area contributed by atoms with Crippen molar-refractivity contribution in [3.8, 4) is 0 Å². The second kappa shape index (κ2) is 5.88. The van der Waals surface area contributed by atoms with E-state index < -0.39 is 10.0 Å². The van der Waals surface area contributed by atoms with Crippen LogP contribution >= 0.6 is 0 Å². The number of sulfonamides is 1. The molecule has 6 heteroatoms. The van der Waals surface area contributed by atoms with Gasteiger partial charge in [-0.2, -0.15) is 4.31 Å². The lowest BCUT2D eigenvalue weighted by Gasteiger charge is -2.24. The summed E-state index contributed by atoms with van der Waals surface area (Å²) in [5.41, 5.74) is 1.02. The van der Waals surface area contributed by atoms with Gasteiger partial charge < -0.3 is 5.32 Å². The van der Waals surface area contributed by atoms with E-state index in [0.717, 1.165) is 24.2 Å². The fraction of sp³-hybridized carbons (Fsp3) is 0.615. The minimum Gasteiger partial charge on any atom is -0.373 e. The minimum atomic E-state index is -3.13. The molecule has 1 aliphatic rings. The average Bonchev–Trinajstić information content (AvgIpc) is 2.89. The lowest BCUT2D eigenvalue weighted by atomic mass is 10.1. The van der Waals surface area contributed by atoms with Gasteiger partial charge in [0, 0.05) is 25.8 Å². The van der Waals surface area contributed by atoms with Crippen LogP contribution in [-0.4, -0.2) is 37.1 Å². The standard InChI is InChI=1S/C13H21N3O2S/c1-3-9-19(17,18)16-8-4-5-12(16)11-6-7-15-13(10-11)14-2/h6-7,10,12H,3-5,8-9H2,1-2H3,(H,14,15)/t12-/m1/s1. The summed E-state index contributed by atoms with van der Waals surface area (Å²) in [5.74, 6) is 1.00. The molecular weight excluding hydrogens is 262 g/mol. The summed E-state index contributed by atoms with van der Waals surface area (Å²) in [6.45, 7) is 2.53. The van der Waals surface area contributed by atoms with Crippen LogP contribution in [0.25, 0.3) is 0 Å². The molecule has 0 saturated carbocycles. The molecule has 5 nitrogen and oxygen atoms in total. The first-order valence-corrected chi connectivity index (χ1v) is 8.32. The quantitative estimate of drug-likeness (QED) is 0.898. The molecule has 106 valence electrons. The van der Waals surface area contributed by atoms with Crippen molar-refractivity contribution in [2.45, 2.75) is 32.2 Å². The molecule has 1 fully saturated rings. The molecule has 0 amide bonds. The minimum absolute atomic E-state index is 0.0355. The molecule has 1 N–H and O–H groups in total. The van der Waals surface area contributed by atoms with E-state index in [1.807, 2.05) is 26.1 Å². The van der Waals surface area contributed by atoms with Gasteiger partial charge in [0.1, 0.15) is 5.82 Å². The molecule has 2 rings (SSSR count). The second-order valence-corrected chi connectivity index (χ2v) is 6.85. The van der Waals surface area contributed by atoms with Crippen LogP contribution in [0.4, 0.5) is 5.82 Å². The number of pyridine rings is 1. The van der Waals surface area contributed by atoms with Crippen LogP contribution in [0, 0.1) is 0 Å². The Bertz CT molecular complexity index is 530. The maximum atomic E-state index is 12.3. The number of hydrogen-bond acceptors (Lipinski definition) is 4. The van der Waals surface area contributed by atoms with Gasteiger partial charge in [0.2, 0.25) is 10.0 Å². The van der Waals surface area contributed by atoms with Crippen LogP contribution in [-0.2, 0) is 10.0 Å². The highest BCUT2D eigenvalue weighted by atomic mass is 32.2. The van der Waals surface area contributed by atoms with E-state index in [9.17, 15) is 8.42 Å². The Morgan fingerprint density at radius 1 is 1.53 bits per heavy atom. The average molecular weight is 283 g/mol. The number of nitrogens with zero attached hydrogens (tertiary/aromatic N) is 2. The van der Waals surface area contributed by atoms with Gasteiger partial charge in [0.15, 0.2) is 0 Å². The predicted molar refractivity (Wildman–Crippen MR) is 76.5 cm³/mol. The fourth-order valence-electron chi connectivity index (χ4n) is 2.57. The Labute approximate surface area is 115 Å². The van der Waals surface area contributed by atoms with Gasteiger partial charge >= 0.3 is 0 Å². The maximum absolute atomic E-state index is 12.3. The number of anilines is 1. The molecule has 19 heavy (non-hydrogen) atoms. The number of rotatable bonds is 5. The van der Waals surface area contributed by atoms with Gasteiger partial charge in [-0.15, -0.1) is 0 Å². The summed E-state index contributed by atoms with van der Waals surface area (Å²) in [4.78, 5) is 4.17. The first-order valence-electron chi connectivity index (χ1n) is 6.71. The summed E-state index contributed by atoms with van der Waals surface area (Å²) >= 11 is 0. The van der Waals surface area contributed by atoms with Gasteiger partial charge in [-0.1, -0.05) is 6.92 Å². The second-order valence-electron chi connectivity index (χ2n) is 4.81. The summed E-state index contributed by atoms with van der Waals surface area (Å²) < 4.78 is 26.2. The summed E-state index contributed by atoms with van der Waals surface area (Å²) in [6, 6.07) is 3.81. The van der Waals surface area contributed by atoms with E-state index in [1.54, 1.807) is 10.5 Å². The number of hydrogen-bond donors (Lipinski definition) is 1. The van der Waals surface area contributed by atoms with E-state index in [-0.39, 0.29) is 11.8 Å². The van der Waals surface area contributed by atoms with Gasteiger partial charge in [-0.25, -0.2) is 13.4 Å². The highest BCUT2D eigenvalue weighted by Gasteiger charge is 2.34. The van der Waals surface area contributed by atoms with Crippen LogP contribution in [0.15, 0.2) is 18.3 Å². The summed E-state index contributed by atoms with van der Waals surface area (Å²) in [5, 5.41) is 2.99. The molecule has 0 aliphatic carbocycles. The van der Waals surface area contributed by atoms with Gasteiger partial charge in [-0.3, -0.25) is 0 Å². The van der Waals surface area contributed by atoms with Crippen molar-refractivity contribution in [2.75, 3.05) is 24.7 Å². The zero-order chi connectivity index (χ0) is 13.9. The summed E-state index contributed by atoms with van der Waals surface area (Å²) in [7, 11) is -1.32. The molecule has 1 aromatic rings. The Hall–Kier alpha value is -1.14. The Kier molecular flexibility index (Phi) is 4.42. The van der Waals surface area contributed by atoms with Crippen LogP contribution in [0.5, 0.6) is 0 Å². The molecule has 0 radical (unpaired) electrons. The highest BCUT2D eigenvalue weighted by Crippen LogP contribution is 2.34. The Morgan fingerprint density at radius 3 is 3.00 bits per heavy atom. The lowest BCUT2D eigenvalue weighted by Crippen LogP contribution is -2.32. The summed E-state index contributed by atoms with van der Waals surface area (Å²) in [6.07, 6.45) is 4.19. The smallest absolute Gasteiger partial charge is 0.214 e. The molecule has 1 saturated heterocycles. The molecule has 0 unspecified atom stereocenters. The first-order chi connectivity index (χ1) is 9.08. The maximum Gasteiger partial charge on any atom is 0.214 e. The van der Waals surface area contributed by atoms with Gasteiger partial charge in [0.05, 0.1) is 5.75 Å². The van der Waals surface area contributed by atoms with Crippen molar-refractivity contribution in [1.82, 2.24) is 9.29 Å². The SMILES string of the molecule is CCCS(=O)(=O)N1CCC[C@@H]1c1ccnc(NC)c1. The molecule has 1 aliphatic heterocycles. The molecule has 0 bridgehead atoms. The normalized spacial score (nSPS) is 20.6. The third-order valence-corrected chi connectivity index (χ3v) is 5.52. The van der Waals surface area contributed by atoms with Crippen molar-refractivity contribution in [3.63, 3.8) is 0 Å². The predicted octanol–water partition coefficient (Wildman–Crippen LogP) is 2.00. The molecule has 0 spiro atoms. The van der Waals surface area contributed by atoms with Crippen LogP contribution in [0.2, 0.25) is 0 Å².